The Hall–Kier alpha value is -2.16. The highest BCUT2D eigenvalue weighted by Crippen LogP contribution is 2.22. The molecule has 2 aromatic carbocycles. The molecule has 0 amide bonds. The van der Waals surface area contributed by atoms with Gasteiger partial charge in [-0.15, -0.1) is 0 Å². The van der Waals surface area contributed by atoms with E-state index in [0.717, 1.165) is 30.4 Å². The Bertz CT molecular complexity index is 635. The molecule has 30 heavy (non-hydrogen) atoms. The number of phenolic OH excluding ortho intramolecular Hbond substituents is 3. The van der Waals surface area contributed by atoms with Crippen LogP contribution in [0.2, 0.25) is 0 Å². The number of rotatable bonds is 15. The summed E-state index contributed by atoms with van der Waals surface area (Å²) >= 11 is 0. The molecule has 2 aromatic rings. The number of aromatic hydroxyl groups is 3. The molecule has 166 valence electrons. The number of hydrogen-bond acceptors (Lipinski definition) is 3. The monoisotopic (exact) mass is 412 g/mol. The maximum absolute atomic E-state index is 9.65. The van der Waals surface area contributed by atoms with Gasteiger partial charge in [-0.2, -0.15) is 0 Å². The van der Waals surface area contributed by atoms with Crippen molar-refractivity contribution in [3.05, 3.63) is 53.1 Å². The molecule has 3 N–H and O–H groups in total. The Labute approximate surface area is 182 Å². The summed E-state index contributed by atoms with van der Waals surface area (Å²) in [5.41, 5.74) is 3.42. The summed E-state index contributed by atoms with van der Waals surface area (Å²) in [6.07, 6.45) is 17.5. The predicted molar refractivity (Wildman–Crippen MR) is 125 cm³/mol. The standard InChI is InChI=1S/C27H40O3/c1-22-16-23(18-25(28)17-22)14-12-10-8-6-4-2-3-5-7-9-11-13-15-24-19-26(29)21-27(30)20-24/h16-21,28-30H,2-15H2,1H3. The van der Waals surface area contributed by atoms with Crippen molar-refractivity contribution in [1.82, 2.24) is 0 Å². The summed E-state index contributed by atoms with van der Waals surface area (Å²) in [6.45, 7) is 2.03. The van der Waals surface area contributed by atoms with E-state index < -0.39 is 0 Å². The number of unbranched alkanes of at least 4 members (excludes halogenated alkanes) is 11. The van der Waals surface area contributed by atoms with E-state index in [9.17, 15) is 15.3 Å². The summed E-state index contributed by atoms with van der Waals surface area (Å²) in [5, 5.41) is 28.6. The lowest BCUT2D eigenvalue weighted by Gasteiger charge is -2.05. The molecule has 3 heteroatoms. The van der Waals surface area contributed by atoms with Crippen LogP contribution in [0.25, 0.3) is 0 Å². The average Bonchev–Trinajstić information content (AvgIpc) is 2.66. The van der Waals surface area contributed by atoms with E-state index in [4.69, 9.17) is 0 Å². The van der Waals surface area contributed by atoms with Gasteiger partial charge in [-0.1, -0.05) is 70.3 Å². The van der Waals surface area contributed by atoms with Crippen LogP contribution < -0.4 is 0 Å². The van der Waals surface area contributed by atoms with Crippen molar-refractivity contribution >= 4 is 0 Å². The first-order valence-corrected chi connectivity index (χ1v) is 11.8. The van der Waals surface area contributed by atoms with Crippen molar-refractivity contribution in [2.45, 2.75) is 96.8 Å². The zero-order valence-corrected chi connectivity index (χ0v) is 18.7. The van der Waals surface area contributed by atoms with Crippen molar-refractivity contribution in [3.8, 4) is 17.2 Å². The molecule has 0 saturated heterocycles. The third-order valence-corrected chi connectivity index (χ3v) is 5.77. The van der Waals surface area contributed by atoms with Crippen LogP contribution >= 0.6 is 0 Å². The molecule has 0 aromatic heterocycles. The third kappa shape index (κ3) is 10.6. The van der Waals surface area contributed by atoms with Gasteiger partial charge in [-0.3, -0.25) is 0 Å². The Balaban J connectivity index is 1.35. The summed E-state index contributed by atoms with van der Waals surface area (Å²) < 4.78 is 0. The number of phenols is 3. The first kappa shape index (κ1) is 24.1. The fourth-order valence-electron chi connectivity index (χ4n) is 4.21. The fraction of sp³-hybridized carbons (Fsp3) is 0.556. The largest absolute Gasteiger partial charge is 0.508 e. The molecular weight excluding hydrogens is 372 g/mol. The van der Waals surface area contributed by atoms with Crippen molar-refractivity contribution in [2.24, 2.45) is 0 Å². The minimum atomic E-state index is 0.150. The fourth-order valence-corrected chi connectivity index (χ4v) is 4.21. The molecule has 0 aliphatic carbocycles. The average molecular weight is 413 g/mol. The van der Waals surface area contributed by atoms with Crippen LogP contribution in [0.4, 0.5) is 0 Å². The molecule has 0 fully saturated rings. The molecule has 0 unspecified atom stereocenters. The molecule has 0 saturated carbocycles. The van der Waals surface area contributed by atoms with Gasteiger partial charge < -0.3 is 15.3 Å². The van der Waals surface area contributed by atoms with Gasteiger partial charge in [-0.25, -0.2) is 0 Å². The summed E-state index contributed by atoms with van der Waals surface area (Å²) in [7, 11) is 0. The molecule has 0 aliphatic rings. The highest BCUT2D eigenvalue weighted by Gasteiger charge is 2.00. The second-order valence-electron chi connectivity index (χ2n) is 8.78. The zero-order chi connectivity index (χ0) is 21.6. The first-order chi connectivity index (χ1) is 14.5. The maximum Gasteiger partial charge on any atom is 0.119 e. The lowest BCUT2D eigenvalue weighted by Crippen LogP contribution is -1.88. The Morgan fingerprint density at radius 3 is 1.17 bits per heavy atom. The zero-order valence-electron chi connectivity index (χ0n) is 18.7. The van der Waals surface area contributed by atoms with Gasteiger partial charge in [0.15, 0.2) is 0 Å². The van der Waals surface area contributed by atoms with E-state index in [1.165, 1.54) is 82.3 Å². The van der Waals surface area contributed by atoms with Crippen LogP contribution in [-0.2, 0) is 12.8 Å². The Kier molecular flexibility index (Phi) is 11.2. The number of aryl methyl sites for hydroxylation is 3. The van der Waals surface area contributed by atoms with Crippen LogP contribution in [0.15, 0.2) is 36.4 Å². The van der Waals surface area contributed by atoms with E-state index in [2.05, 4.69) is 6.07 Å². The molecule has 0 spiro atoms. The maximum atomic E-state index is 9.65. The molecule has 0 atom stereocenters. The number of hydrogen-bond donors (Lipinski definition) is 3. The second-order valence-corrected chi connectivity index (χ2v) is 8.78. The number of benzene rings is 2. The normalized spacial score (nSPS) is 11.1. The van der Waals surface area contributed by atoms with E-state index in [-0.39, 0.29) is 11.5 Å². The van der Waals surface area contributed by atoms with Crippen LogP contribution in [0, 0.1) is 6.92 Å². The Morgan fingerprint density at radius 2 is 0.767 bits per heavy atom. The second kappa shape index (κ2) is 14.0. The molecule has 0 aliphatic heterocycles. The first-order valence-electron chi connectivity index (χ1n) is 11.8. The van der Waals surface area contributed by atoms with Crippen LogP contribution in [0.5, 0.6) is 17.2 Å². The van der Waals surface area contributed by atoms with Gasteiger partial charge in [-0.05, 0) is 73.6 Å². The van der Waals surface area contributed by atoms with Crippen LogP contribution in [-0.4, -0.2) is 15.3 Å². The van der Waals surface area contributed by atoms with E-state index in [1.807, 2.05) is 19.1 Å². The van der Waals surface area contributed by atoms with E-state index in [0.29, 0.717) is 5.75 Å². The van der Waals surface area contributed by atoms with Crippen molar-refractivity contribution in [3.63, 3.8) is 0 Å². The van der Waals surface area contributed by atoms with Gasteiger partial charge in [0.2, 0.25) is 0 Å². The minimum absolute atomic E-state index is 0.150. The van der Waals surface area contributed by atoms with Gasteiger partial charge in [0.05, 0.1) is 0 Å². The van der Waals surface area contributed by atoms with Gasteiger partial charge in [0, 0.05) is 6.07 Å². The third-order valence-electron chi connectivity index (χ3n) is 5.77. The highest BCUT2D eigenvalue weighted by molar-refractivity contribution is 5.36. The van der Waals surface area contributed by atoms with Crippen molar-refractivity contribution in [2.75, 3.05) is 0 Å². The Morgan fingerprint density at radius 1 is 0.433 bits per heavy atom. The molecule has 0 bridgehead atoms. The quantitative estimate of drug-likeness (QED) is 0.264. The molecular formula is C27H40O3. The van der Waals surface area contributed by atoms with E-state index >= 15 is 0 Å². The predicted octanol–water partition coefficient (Wildman–Crippen LogP) is 7.58. The topological polar surface area (TPSA) is 60.7 Å². The van der Waals surface area contributed by atoms with Crippen molar-refractivity contribution < 1.29 is 15.3 Å². The minimum Gasteiger partial charge on any atom is -0.508 e. The highest BCUT2D eigenvalue weighted by atomic mass is 16.3. The molecule has 2 rings (SSSR count). The lowest BCUT2D eigenvalue weighted by molar-refractivity contribution is 0.449. The summed E-state index contributed by atoms with van der Waals surface area (Å²) in [4.78, 5) is 0. The van der Waals surface area contributed by atoms with Gasteiger partial charge in [0.25, 0.3) is 0 Å². The lowest BCUT2D eigenvalue weighted by atomic mass is 10.0. The van der Waals surface area contributed by atoms with Crippen LogP contribution in [0.1, 0.15) is 93.7 Å². The van der Waals surface area contributed by atoms with Gasteiger partial charge in [0.1, 0.15) is 17.2 Å². The smallest absolute Gasteiger partial charge is 0.119 e. The summed E-state index contributed by atoms with van der Waals surface area (Å²) in [6, 6.07) is 10.7. The molecule has 0 heterocycles. The van der Waals surface area contributed by atoms with Crippen molar-refractivity contribution in [1.29, 1.82) is 0 Å². The SMILES string of the molecule is Cc1cc(O)cc(CCCCCCCCCCCCCCc2cc(O)cc(O)c2)c1. The summed E-state index contributed by atoms with van der Waals surface area (Å²) in [5.74, 6) is 0.690. The van der Waals surface area contributed by atoms with E-state index in [1.54, 1.807) is 12.1 Å². The van der Waals surface area contributed by atoms with Gasteiger partial charge >= 0.3 is 0 Å². The van der Waals surface area contributed by atoms with Crippen LogP contribution in [0.3, 0.4) is 0 Å². The molecule has 0 radical (unpaired) electrons. The molecule has 3 nitrogen and oxygen atoms in total.